The summed E-state index contributed by atoms with van der Waals surface area (Å²) < 4.78 is 24.2. The lowest BCUT2D eigenvalue weighted by Crippen LogP contribution is -2.50. The van der Waals surface area contributed by atoms with Crippen LogP contribution in [0.2, 0.25) is 0 Å². The second-order valence-corrected chi connectivity index (χ2v) is 6.84. The molecule has 1 aromatic rings. The van der Waals surface area contributed by atoms with Gasteiger partial charge >= 0.3 is 0 Å². The van der Waals surface area contributed by atoms with Gasteiger partial charge in [0.15, 0.2) is 0 Å². The van der Waals surface area contributed by atoms with Gasteiger partial charge in [-0.3, -0.25) is 4.79 Å². The average molecular weight is 337 g/mol. The van der Waals surface area contributed by atoms with Gasteiger partial charge in [-0.25, -0.2) is 4.39 Å². The zero-order chi connectivity index (χ0) is 17.0. The second-order valence-electron chi connectivity index (χ2n) is 6.84. The largest absolute Gasteiger partial charge is 0.490 e. The minimum absolute atomic E-state index is 0.0519. The van der Waals surface area contributed by atoms with Crippen LogP contribution in [0, 0.1) is 11.7 Å². The lowest BCUT2D eigenvalue weighted by Gasteiger charge is -2.32. The third kappa shape index (κ3) is 4.45. The molecule has 1 amide bonds. The molecule has 0 radical (unpaired) electrons. The van der Waals surface area contributed by atoms with Crippen LogP contribution in [0.1, 0.15) is 25.7 Å². The normalized spacial score (nSPS) is 25.0. The SMILES string of the molecule is O=C(CC1CCC1)N1CCOC[C@@](O)(COc2cccc(F)c2)C1. The summed E-state index contributed by atoms with van der Waals surface area (Å²) in [6.07, 6.45) is 3.97. The molecule has 2 fully saturated rings. The third-order valence-electron chi connectivity index (χ3n) is 4.71. The second kappa shape index (κ2) is 7.49. The van der Waals surface area contributed by atoms with Crippen molar-refractivity contribution in [2.75, 3.05) is 32.9 Å². The minimum atomic E-state index is -1.29. The molecule has 1 N–H and O–H groups in total. The Labute approximate surface area is 141 Å². The Morgan fingerprint density at radius 1 is 1.46 bits per heavy atom. The summed E-state index contributed by atoms with van der Waals surface area (Å²) in [7, 11) is 0. The van der Waals surface area contributed by atoms with Crippen molar-refractivity contribution < 1.29 is 23.8 Å². The van der Waals surface area contributed by atoms with Crippen LogP contribution in [0.5, 0.6) is 5.75 Å². The van der Waals surface area contributed by atoms with E-state index in [0.29, 0.717) is 31.2 Å². The fourth-order valence-electron chi connectivity index (χ4n) is 3.06. The smallest absolute Gasteiger partial charge is 0.223 e. The van der Waals surface area contributed by atoms with Crippen LogP contribution in [0.15, 0.2) is 24.3 Å². The van der Waals surface area contributed by atoms with Crippen LogP contribution in [0.25, 0.3) is 0 Å². The lowest BCUT2D eigenvalue weighted by molar-refractivity contribution is -0.136. The molecule has 132 valence electrons. The maximum absolute atomic E-state index is 13.2. The molecule has 6 heteroatoms. The maximum Gasteiger partial charge on any atom is 0.223 e. The first-order chi connectivity index (χ1) is 11.5. The molecular formula is C18H24FNO4. The van der Waals surface area contributed by atoms with E-state index in [9.17, 15) is 14.3 Å². The Morgan fingerprint density at radius 2 is 2.29 bits per heavy atom. The van der Waals surface area contributed by atoms with Crippen LogP contribution >= 0.6 is 0 Å². The summed E-state index contributed by atoms with van der Waals surface area (Å²) in [6, 6.07) is 5.77. The predicted octanol–water partition coefficient (Wildman–Crippen LogP) is 1.98. The first-order valence-electron chi connectivity index (χ1n) is 8.50. The fraction of sp³-hybridized carbons (Fsp3) is 0.611. The topological polar surface area (TPSA) is 59.0 Å². The van der Waals surface area contributed by atoms with E-state index in [1.165, 1.54) is 18.6 Å². The van der Waals surface area contributed by atoms with Crippen LogP contribution in [-0.2, 0) is 9.53 Å². The number of ether oxygens (including phenoxy) is 2. The predicted molar refractivity (Wildman–Crippen MR) is 86.2 cm³/mol. The quantitative estimate of drug-likeness (QED) is 0.893. The number of carbonyl (C=O) groups excluding carboxylic acids is 1. The summed E-state index contributed by atoms with van der Waals surface area (Å²) in [5, 5.41) is 10.8. The highest BCUT2D eigenvalue weighted by atomic mass is 19.1. The minimum Gasteiger partial charge on any atom is -0.490 e. The van der Waals surface area contributed by atoms with Crippen molar-refractivity contribution in [2.45, 2.75) is 31.3 Å². The molecule has 1 atom stereocenters. The summed E-state index contributed by atoms with van der Waals surface area (Å²) in [4.78, 5) is 14.1. The van der Waals surface area contributed by atoms with Gasteiger partial charge in [0, 0.05) is 19.0 Å². The zero-order valence-electron chi connectivity index (χ0n) is 13.7. The van der Waals surface area contributed by atoms with E-state index < -0.39 is 11.4 Å². The van der Waals surface area contributed by atoms with Gasteiger partial charge in [0.2, 0.25) is 5.91 Å². The van der Waals surface area contributed by atoms with Gasteiger partial charge < -0.3 is 19.5 Å². The number of rotatable bonds is 5. The first kappa shape index (κ1) is 17.2. The molecule has 1 aliphatic carbocycles. The number of halogens is 1. The zero-order valence-corrected chi connectivity index (χ0v) is 13.7. The highest BCUT2D eigenvalue weighted by molar-refractivity contribution is 5.76. The van der Waals surface area contributed by atoms with Gasteiger partial charge in [0.1, 0.15) is 23.8 Å². The van der Waals surface area contributed by atoms with Crippen molar-refractivity contribution in [3.63, 3.8) is 0 Å². The number of carbonyl (C=O) groups is 1. The van der Waals surface area contributed by atoms with Crippen LogP contribution in [-0.4, -0.2) is 54.4 Å². The van der Waals surface area contributed by atoms with E-state index in [4.69, 9.17) is 9.47 Å². The van der Waals surface area contributed by atoms with Crippen LogP contribution in [0.3, 0.4) is 0 Å². The van der Waals surface area contributed by atoms with Crippen LogP contribution in [0.4, 0.5) is 4.39 Å². The Bertz CT molecular complexity index is 578. The first-order valence-corrected chi connectivity index (χ1v) is 8.50. The Morgan fingerprint density at radius 3 is 3.00 bits per heavy atom. The molecule has 1 aromatic carbocycles. The molecule has 0 spiro atoms. The molecule has 0 aromatic heterocycles. The molecule has 1 aliphatic heterocycles. The summed E-state index contributed by atoms with van der Waals surface area (Å²) >= 11 is 0. The molecule has 1 saturated heterocycles. The molecule has 0 unspecified atom stereocenters. The highest BCUT2D eigenvalue weighted by Crippen LogP contribution is 2.30. The number of amides is 1. The molecule has 1 heterocycles. The van der Waals surface area contributed by atoms with E-state index in [1.54, 1.807) is 17.0 Å². The Kier molecular flexibility index (Phi) is 5.36. The van der Waals surface area contributed by atoms with Gasteiger partial charge in [-0.05, 0) is 30.9 Å². The van der Waals surface area contributed by atoms with Crippen molar-refractivity contribution in [1.29, 1.82) is 0 Å². The van der Waals surface area contributed by atoms with Gasteiger partial charge in [0.25, 0.3) is 0 Å². The fourth-order valence-corrected chi connectivity index (χ4v) is 3.06. The maximum atomic E-state index is 13.2. The molecule has 5 nitrogen and oxygen atoms in total. The number of hydrogen-bond acceptors (Lipinski definition) is 4. The molecule has 1 saturated carbocycles. The summed E-state index contributed by atoms with van der Waals surface area (Å²) in [5.41, 5.74) is -1.29. The summed E-state index contributed by atoms with van der Waals surface area (Å²) in [6.45, 7) is 1.10. The van der Waals surface area contributed by atoms with Crippen molar-refractivity contribution in [1.82, 2.24) is 4.90 Å². The molecule has 2 aliphatic rings. The molecule has 24 heavy (non-hydrogen) atoms. The monoisotopic (exact) mass is 337 g/mol. The van der Waals surface area contributed by atoms with Crippen molar-refractivity contribution >= 4 is 5.91 Å². The van der Waals surface area contributed by atoms with E-state index in [-0.39, 0.29) is 25.7 Å². The van der Waals surface area contributed by atoms with Gasteiger partial charge in [-0.1, -0.05) is 12.5 Å². The Balaban J connectivity index is 1.58. The van der Waals surface area contributed by atoms with Crippen molar-refractivity contribution in [3.8, 4) is 5.75 Å². The average Bonchev–Trinajstić information content (AvgIpc) is 2.71. The number of hydrogen-bond donors (Lipinski definition) is 1. The van der Waals surface area contributed by atoms with Crippen LogP contribution < -0.4 is 4.74 Å². The molecular weight excluding hydrogens is 313 g/mol. The third-order valence-corrected chi connectivity index (χ3v) is 4.71. The van der Waals surface area contributed by atoms with Crippen molar-refractivity contribution in [2.24, 2.45) is 5.92 Å². The van der Waals surface area contributed by atoms with E-state index >= 15 is 0 Å². The van der Waals surface area contributed by atoms with Gasteiger partial charge in [-0.2, -0.15) is 0 Å². The van der Waals surface area contributed by atoms with Crippen molar-refractivity contribution in [3.05, 3.63) is 30.1 Å². The highest BCUT2D eigenvalue weighted by Gasteiger charge is 2.36. The van der Waals surface area contributed by atoms with E-state index in [2.05, 4.69) is 0 Å². The van der Waals surface area contributed by atoms with E-state index in [0.717, 1.165) is 12.8 Å². The number of nitrogens with zero attached hydrogens (tertiary/aromatic N) is 1. The number of β-amino-alcohol motifs (C(OH)–C–C–N with tert-alkyl or cyclic N) is 1. The molecule has 3 rings (SSSR count). The lowest BCUT2D eigenvalue weighted by atomic mass is 9.82. The van der Waals surface area contributed by atoms with Gasteiger partial charge in [0.05, 0.1) is 19.8 Å². The summed E-state index contributed by atoms with van der Waals surface area (Å²) in [5.74, 6) is 0.501. The standard InChI is InChI=1S/C18H24FNO4/c19-15-5-2-6-16(10-15)24-13-18(22)11-20(7-8-23-12-18)17(21)9-14-3-1-4-14/h2,5-6,10,14,22H,1,3-4,7-9,11-13H2/t18-/m1/s1. The van der Waals surface area contributed by atoms with Gasteiger partial charge in [-0.15, -0.1) is 0 Å². The van der Waals surface area contributed by atoms with E-state index in [1.807, 2.05) is 0 Å². The Hall–Kier alpha value is -1.66. The number of aliphatic hydroxyl groups is 1. The number of benzene rings is 1. The molecule has 0 bridgehead atoms.